The van der Waals surface area contributed by atoms with Gasteiger partial charge in [-0.25, -0.2) is 4.39 Å². The van der Waals surface area contributed by atoms with E-state index in [1.165, 1.54) is 25.4 Å². The van der Waals surface area contributed by atoms with Crippen molar-refractivity contribution < 1.29 is 13.9 Å². The van der Waals surface area contributed by atoms with Crippen LogP contribution in [0.15, 0.2) is 41.0 Å². The van der Waals surface area contributed by atoms with Crippen molar-refractivity contribution in [2.45, 2.75) is 0 Å². The predicted octanol–water partition coefficient (Wildman–Crippen LogP) is 3.22. The SMILES string of the molecule is COc1ccc(F)cc1C(=O)c1ncccc1Br. The van der Waals surface area contributed by atoms with Crippen LogP contribution in [0.5, 0.6) is 5.75 Å². The van der Waals surface area contributed by atoms with Crippen molar-refractivity contribution in [1.82, 2.24) is 4.98 Å². The molecule has 0 aliphatic rings. The Kier molecular flexibility index (Phi) is 3.72. The van der Waals surface area contributed by atoms with Crippen molar-refractivity contribution in [3.05, 3.63) is 58.1 Å². The fourth-order valence-corrected chi connectivity index (χ4v) is 1.97. The number of rotatable bonds is 3. The van der Waals surface area contributed by atoms with Gasteiger partial charge in [0.05, 0.1) is 12.7 Å². The van der Waals surface area contributed by atoms with E-state index in [1.54, 1.807) is 12.1 Å². The van der Waals surface area contributed by atoms with Gasteiger partial charge < -0.3 is 4.74 Å². The molecule has 0 unspecified atom stereocenters. The average molecular weight is 310 g/mol. The van der Waals surface area contributed by atoms with E-state index in [0.717, 1.165) is 6.07 Å². The zero-order chi connectivity index (χ0) is 13.1. The van der Waals surface area contributed by atoms with Gasteiger partial charge in [-0.2, -0.15) is 0 Å². The predicted molar refractivity (Wildman–Crippen MR) is 68.3 cm³/mol. The number of ketones is 1. The number of methoxy groups -OCH3 is 1. The highest BCUT2D eigenvalue weighted by atomic mass is 79.9. The maximum absolute atomic E-state index is 13.2. The highest BCUT2D eigenvalue weighted by molar-refractivity contribution is 9.10. The molecule has 0 fully saturated rings. The van der Waals surface area contributed by atoms with Crippen molar-refractivity contribution in [3.8, 4) is 5.75 Å². The number of hydrogen-bond donors (Lipinski definition) is 0. The van der Waals surface area contributed by atoms with Crippen LogP contribution in [-0.4, -0.2) is 17.9 Å². The zero-order valence-electron chi connectivity index (χ0n) is 9.48. The second-order valence-electron chi connectivity index (χ2n) is 3.51. The molecule has 0 radical (unpaired) electrons. The molecule has 1 aromatic heterocycles. The first-order valence-corrected chi connectivity index (χ1v) is 5.91. The van der Waals surface area contributed by atoms with E-state index in [9.17, 15) is 9.18 Å². The minimum atomic E-state index is -0.494. The molecule has 0 spiro atoms. The molecule has 1 heterocycles. The molecule has 92 valence electrons. The lowest BCUT2D eigenvalue weighted by Gasteiger charge is -2.08. The van der Waals surface area contributed by atoms with Crippen molar-refractivity contribution in [1.29, 1.82) is 0 Å². The Hall–Kier alpha value is -1.75. The Morgan fingerprint density at radius 1 is 1.39 bits per heavy atom. The van der Waals surface area contributed by atoms with Gasteiger partial charge >= 0.3 is 0 Å². The molecule has 0 N–H and O–H groups in total. The number of ether oxygens (including phenoxy) is 1. The highest BCUT2D eigenvalue weighted by Crippen LogP contribution is 2.24. The van der Waals surface area contributed by atoms with Crippen LogP contribution in [0, 0.1) is 5.82 Å². The van der Waals surface area contributed by atoms with E-state index >= 15 is 0 Å². The first kappa shape index (κ1) is 12.7. The number of hydrogen-bond acceptors (Lipinski definition) is 3. The van der Waals surface area contributed by atoms with E-state index in [4.69, 9.17) is 4.74 Å². The molecular formula is C13H9BrFNO2. The molecule has 0 saturated carbocycles. The zero-order valence-corrected chi connectivity index (χ0v) is 11.1. The minimum absolute atomic E-state index is 0.150. The second kappa shape index (κ2) is 5.27. The third-order valence-corrected chi connectivity index (χ3v) is 3.02. The quantitative estimate of drug-likeness (QED) is 0.817. The summed E-state index contributed by atoms with van der Waals surface area (Å²) in [4.78, 5) is 16.2. The van der Waals surface area contributed by atoms with E-state index < -0.39 is 5.82 Å². The summed E-state index contributed by atoms with van der Waals surface area (Å²) < 4.78 is 18.8. The van der Waals surface area contributed by atoms with Crippen LogP contribution >= 0.6 is 15.9 Å². The summed E-state index contributed by atoms with van der Waals surface area (Å²) in [7, 11) is 1.43. The van der Waals surface area contributed by atoms with E-state index in [1.807, 2.05) is 0 Å². The van der Waals surface area contributed by atoms with Gasteiger partial charge in [-0.05, 0) is 46.3 Å². The largest absolute Gasteiger partial charge is 0.496 e. The van der Waals surface area contributed by atoms with E-state index in [2.05, 4.69) is 20.9 Å². The monoisotopic (exact) mass is 309 g/mol. The Morgan fingerprint density at radius 2 is 2.17 bits per heavy atom. The number of benzene rings is 1. The van der Waals surface area contributed by atoms with Gasteiger partial charge in [-0.3, -0.25) is 9.78 Å². The molecule has 0 atom stereocenters. The summed E-state index contributed by atoms with van der Waals surface area (Å²) in [6.45, 7) is 0. The molecule has 0 saturated heterocycles. The fraction of sp³-hybridized carbons (Fsp3) is 0.0769. The molecule has 18 heavy (non-hydrogen) atoms. The van der Waals surface area contributed by atoms with Crippen LogP contribution in [0.2, 0.25) is 0 Å². The van der Waals surface area contributed by atoms with E-state index in [0.29, 0.717) is 10.2 Å². The van der Waals surface area contributed by atoms with Gasteiger partial charge in [0.25, 0.3) is 0 Å². The first-order valence-electron chi connectivity index (χ1n) is 5.12. The van der Waals surface area contributed by atoms with Crippen LogP contribution < -0.4 is 4.74 Å². The number of carbonyl (C=O) groups is 1. The summed E-state index contributed by atoms with van der Waals surface area (Å²) in [5.41, 5.74) is 0.373. The second-order valence-corrected chi connectivity index (χ2v) is 4.36. The van der Waals surface area contributed by atoms with Crippen LogP contribution in [0.4, 0.5) is 4.39 Å². The number of carbonyl (C=O) groups excluding carboxylic acids is 1. The summed E-state index contributed by atoms with van der Waals surface area (Å²) in [5, 5.41) is 0. The average Bonchev–Trinajstić information content (AvgIpc) is 2.38. The smallest absolute Gasteiger partial charge is 0.216 e. The highest BCUT2D eigenvalue weighted by Gasteiger charge is 2.18. The number of nitrogens with zero attached hydrogens (tertiary/aromatic N) is 1. The van der Waals surface area contributed by atoms with Crippen molar-refractivity contribution in [2.24, 2.45) is 0 Å². The van der Waals surface area contributed by atoms with Crippen LogP contribution in [0.3, 0.4) is 0 Å². The molecule has 1 aromatic carbocycles. The molecule has 0 amide bonds. The fourth-order valence-electron chi connectivity index (χ4n) is 1.54. The summed E-state index contributed by atoms with van der Waals surface area (Å²) in [6.07, 6.45) is 1.50. The van der Waals surface area contributed by atoms with Crippen molar-refractivity contribution in [2.75, 3.05) is 7.11 Å². The summed E-state index contributed by atoms with van der Waals surface area (Å²) in [6, 6.07) is 7.19. The molecule has 2 aromatic rings. The lowest BCUT2D eigenvalue weighted by Crippen LogP contribution is -2.07. The van der Waals surface area contributed by atoms with Crippen molar-refractivity contribution in [3.63, 3.8) is 0 Å². The normalized spacial score (nSPS) is 10.2. The lowest BCUT2D eigenvalue weighted by molar-refractivity contribution is 0.103. The summed E-state index contributed by atoms with van der Waals surface area (Å²) in [5.74, 6) is -0.566. The molecule has 0 bridgehead atoms. The van der Waals surface area contributed by atoms with E-state index in [-0.39, 0.29) is 17.0 Å². The standard InChI is InChI=1S/C13H9BrFNO2/c1-18-11-5-4-8(15)7-9(11)13(17)12-10(14)3-2-6-16-12/h2-7H,1H3. The molecule has 5 heteroatoms. The van der Waals surface area contributed by atoms with Gasteiger partial charge in [0.1, 0.15) is 17.3 Å². The van der Waals surface area contributed by atoms with Gasteiger partial charge in [0.15, 0.2) is 0 Å². The van der Waals surface area contributed by atoms with Gasteiger partial charge in [0, 0.05) is 10.7 Å². The molecule has 3 nitrogen and oxygen atoms in total. The molecular weight excluding hydrogens is 301 g/mol. The molecule has 2 rings (SSSR count). The maximum atomic E-state index is 13.2. The van der Waals surface area contributed by atoms with Gasteiger partial charge in [-0.1, -0.05) is 0 Å². The van der Waals surface area contributed by atoms with Gasteiger partial charge in [0.2, 0.25) is 5.78 Å². The number of halogens is 2. The Morgan fingerprint density at radius 3 is 2.83 bits per heavy atom. The summed E-state index contributed by atoms with van der Waals surface area (Å²) >= 11 is 3.24. The topological polar surface area (TPSA) is 39.2 Å². The first-order chi connectivity index (χ1) is 8.63. The maximum Gasteiger partial charge on any atom is 0.216 e. The third-order valence-electron chi connectivity index (χ3n) is 2.38. The minimum Gasteiger partial charge on any atom is -0.496 e. The lowest BCUT2D eigenvalue weighted by atomic mass is 10.1. The van der Waals surface area contributed by atoms with Crippen molar-refractivity contribution >= 4 is 21.7 Å². The third kappa shape index (κ3) is 2.41. The number of pyridine rings is 1. The van der Waals surface area contributed by atoms with Crippen LogP contribution in [0.1, 0.15) is 16.1 Å². The van der Waals surface area contributed by atoms with Gasteiger partial charge in [-0.15, -0.1) is 0 Å². The van der Waals surface area contributed by atoms with Crippen LogP contribution in [0.25, 0.3) is 0 Å². The Bertz CT molecular complexity index is 601. The Balaban J connectivity index is 2.52. The number of aromatic nitrogens is 1. The molecule has 0 aliphatic heterocycles. The van der Waals surface area contributed by atoms with Crippen LogP contribution in [-0.2, 0) is 0 Å². The molecule has 0 aliphatic carbocycles. The Labute approximate surface area is 112 Å².